The molecule has 0 N–H and O–H groups in total. The monoisotopic (exact) mass is 168 g/mol. The Morgan fingerprint density at radius 3 is 2.33 bits per heavy atom. The molecule has 12 heavy (non-hydrogen) atoms. The summed E-state index contributed by atoms with van der Waals surface area (Å²) in [4.78, 5) is 22.2. The minimum absolute atomic E-state index is 0.267. The second-order valence-electron chi connectivity index (χ2n) is 3.75. The van der Waals surface area contributed by atoms with Gasteiger partial charge in [-0.3, -0.25) is 9.59 Å². The number of ether oxygens (including phenoxy) is 1. The highest BCUT2D eigenvalue weighted by atomic mass is 16.6. The van der Waals surface area contributed by atoms with E-state index in [2.05, 4.69) is 4.74 Å². The largest absolute Gasteiger partial charge is 0.393 e. The average molecular weight is 168 g/mol. The summed E-state index contributed by atoms with van der Waals surface area (Å²) in [6, 6.07) is 0. The molecule has 66 valence electrons. The number of esters is 2. The van der Waals surface area contributed by atoms with Crippen molar-refractivity contribution in [1.82, 2.24) is 0 Å². The molecule has 0 unspecified atom stereocenters. The molecular weight excluding hydrogens is 156 g/mol. The minimum Gasteiger partial charge on any atom is -0.393 e. The Bertz CT molecular complexity index is 226. The Labute approximate surface area is 71.1 Å². The van der Waals surface area contributed by atoms with Gasteiger partial charge in [0.1, 0.15) is 0 Å². The van der Waals surface area contributed by atoms with Crippen molar-refractivity contribution in [3.63, 3.8) is 0 Å². The maximum absolute atomic E-state index is 11.4. The first-order chi connectivity index (χ1) is 5.73. The first-order valence-electron chi connectivity index (χ1n) is 4.48. The van der Waals surface area contributed by atoms with Crippen molar-refractivity contribution in [2.75, 3.05) is 0 Å². The van der Waals surface area contributed by atoms with E-state index in [1.807, 2.05) is 0 Å². The molecule has 0 atom stereocenters. The van der Waals surface area contributed by atoms with Crippen molar-refractivity contribution >= 4 is 11.9 Å². The second kappa shape index (κ2) is 2.57. The standard InChI is InChI=1S/C9H12O3/c10-7-3-6-9(8(11)12-7)4-1-2-5-9/h1-6H2. The highest BCUT2D eigenvalue weighted by molar-refractivity contribution is 5.91. The summed E-state index contributed by atoms with van der Waals surface area (Å²) in [7, 11) is 0. The van der Waals surface area contributed by atoms with Gasteiger partial charge in [-0.05, 0) is 19.3 Å². The van der Waals surface area contributed by atoms with Crippen LogP contribution in [0, 0.1) is 5.41 Å². The van der Waals surface area contributed by atoms with E-state index in [0.717, 1.165) is 25.7 Å². The molecular formula is C9H12O3. The van der Waals surface area contributed by atoms with E-state index in [9.17, 15) is 9.59 Å². The molecule has 1 aliphatic carbocycles. The number of rotatable bonds is 0. The number of hydrogen-bond donors (Lipinski definition) is 0. The van der Waals surface area contributed by atoms with E-state index < -0.39 is 0 Å². The van der Waals surface area contributed by atoms with Gasteiger partial charge < -0.3 is 4.74 Å². The molecule has 1 saturated carbocycles. The van der Waals surface area contributed by atoms with Crippen LogP contribution in [-0.4, -0.2) is 11.9 Å². The summed E-state index contributed by atoms with van der Waals surface area (Å²) < 4.78 is 4.65. The van der Waals surface area contributed by atoms with Gasteiger partial charge in [-0.1, -0.05) is 12.8 Å². The summed E-state index contributed by atoms with van der Waals surface area (Å²) in [6.45, 7) is 0. The minimum atomic E-state index is -0.350. The van der Waals surface area contributed by atoms with Crippen LogP contribution in [0.5, 0.6) is 0 Å². The molecule has 2 fully saturated rings. The third kappa shape index (κ3) is 1.04. The smallest absolute Gasteiger partial charge is 0.319 e. The summed E-state index contributed by atoms with van der Waals surface area (Å²) >= 11 is 0. The Hall–Kier alpha value is -0.860. The predicted octanol–water partition coefficient (Wildman–Crippen LogP) is 1.41. The SMILES string of the molecule is O=C1CCC2(CCCC2)C(=O)O1. The maximum atomic E-state index is 11.4. The maximum Gasteiger partial charge on any atom is 0.319 e. The van der Waals surface area contributed by atoms with Gasteiger partial charge in [-0.2, -0.15) is 0 Å². The normalized spacial score (nSPS) is 27.7. The van der Waals surface area contributed by atoms with Gasteiger partial charge in [0.25, 0.3) is 0 Å². The van der Waals surface area contributed by atoms with Gasteiger partial charge in [-0.15, -0.1) is 0 Å². The van der Waals surface area contributed by atoms with Crippen LogP contribution in [0.2, 0.25) is 0 Å². The van der Waals surface area contributed by atoms with Gasteiger partial charge in [0.05, 0.1) is 5.41 Å². The van der Waals surface area contributed by atoms with Crippen LogP contribution in [0.1, 0.15) is 38.5 Å². The highest BCUT2D eigenvalue weighted by Crippen LogP contribution is 2.45. The lowest BCUT2D eigenvalue weighted by Crippen LogP contribution is -2.37. The summed E-state index contributed by atoms with van der Waals surface area (Å²) in [6.07, 6.45) is 5.17. The van der Waals surface area contributed by atoms with Crippen molar-refractivity contribution < 1.29 is 14.3 Å². The van der Waals surface area contributed by atoms with Crippen LogP contribution in [0.25, 0.3) is 0 Å². The molecule has 3 heteroatoms. The van der Waals surface area contributed by atoms with Gasteiger partial charge in [-0.25, -0.2) is 0 Å². The lowest BCUT2D eigenvalue weighted by atomic mass is 9.80. The molecule has 0 aromatic carbocycles. The van der Waals surface area contributed by atoms with Crippen LogP contribution in [0.3, 0.4) is 0 Å². The second-order valence-corrected chi connectivity index (χ2v) is 3.75. The molecule has 2 rings (SSSR count). The highest BCUT2D eigenvalue weighted by Gasteiger charge is 2.46. The number of carbonyl (C=O) groups is 2. The van der Waals surface area contributed by atoms with Crippen molar-refractivity contribution in [2.24, 2.45) is 5.41 Å². The van der Waals surface area contributed by atoms with Crippen molar-refractivity contribution in [3.05, 3.63) is 0 Å². The van der Waals surface area contributed by atoms with Gasteiger partial charge in [0.15, 0.2) is 0 Å². The lowest BCUT2D eigenvalue weighted by molar-refractivity contribution is -0.173. The summed E-state index contributed by atoms with van der Waals surface area (Å²) in [5.74, 6) is -0.617. The van der Waals surface area contributed by atoms with Crippen molar-refractivity contribution in [3.8, 4) is 0 Å². The third-order valence-electron chi connectivity index (χ3n) is 3.01. The zero-order valence-corrected chi connectivity index (χ0v) is 6.97. The molecule has 0 aromatic rings. The van der Waals surface area contributed by atoms with Gasteiger partial charge >= 0.3 is 11.9 Å². The molecule has 1 aliphatic heterocycles. The topological polar surface area (TPSA) is 43.4 Å². The molecule has 1 spiro atoms. The van der Waals surface area contributed by atoms with E-state index in [1.54, 1.807) is 0 Å². The Morgan fingerprint density at radius 2 is 1.75 bits per heavy atom. The third-order valence-corrected chi connectivity index (χ3v) is 3.01. The van der Waals surface area contributed by atoms with E-state index in [4.69, 9.17) is 0 Å². The van der Waals surface area contributed by atoms with E-state index in [1.165, 1.54) is 0 Å². The van der Waals surface area contributed by atoms with E-state index in [-0.39, 0.29) is 17.4 Å². The molecule has 0 bridgehead atoms. The predicted molar refractivity (Wildman–Crippen MR) is 41.2 cm³/mol. The summed E-state index contributed by atoms with van der Waals surface area (Å²) in [5.41, 5.74) is -0.270. The number of cyclic esters (lactones) is 2. The first kappa shape index (κ1) is 7.77. The molecule has 1 saturated heterocycles. The van der Waals surface area contributed by atoms with Crippen molar-refractivity contribution in [2.45, 2.75) is 38.5 Å². The molecule has 0 radical (unpaired) electrons. The van der Waals surface area contributed by atoms with Crippen LogP contribution in [-0.2, 0) is 14.3 Å². The summed E-state index contributed by atoms with van der Waals surface area (Å²) in [5, 5.41) is 0. The molecule has 0 aromatic heterocycles. The Morgan fingerprint density at radius 1 is 1.08 bits per heavy atom. The number of hydrogen-bond acceptors (Lipinski definition) is 3. The molecule has 1 heterocycles. The first-order valence-corrected chi connectivity index (χ1v) is 4.48. The van der Waals surface area contributed by atoms with Crippen LogP contribution in [0.4, 0.5) is 0 Å². The fourth-order valence-corrected chi connectivity index (χ4v) is 2.21. The zero-order valence-electron chi connectivity index (χ0n) is 6.97. The van der Waals surface area contributed by atoms with Crippen LogP contribution < -0.4 is 0 Å². The average Bonchev–Trinajstić information content (AvgIpc) is 2.48. The van der Waals surface area contributed by atoms with Gasteiger partial charge in [0, 0.05) is 6.42 Å². The molecule has 3 nitrogen and oxygen atoms in total. The van der Waals surface area contributed by atoms with E-state index in [0.29, 0.717) is 12.8 Å². The quantitative estimate of drug-likeness (QED) is 0.405. The van der Waals surface area contributed by atoms with E-state index >= 15 is 0 Å². The Balaban J connectivity index is 2.16. The fraction of sp³-hybridized carbons (Fsp3) is 0.778. The molecule has 0 amide bonds. The Kier molecular flexibility index (Phi) is 1.67. The lowest BCUT2D eigenvalue weighted by Gasteiger charge is -2.29. The molecule has 2 aliphatic rings. The van der Waals surface area contributed by atoms with Crippen molar-refractivity contribution in [1.29, 1.82) is 0 Å². The van der Waals surface area contributed by atoms with Crippen LogP contribution >= 0.6 is 0 Å². The van der Waals surface area contributed by atoms with Crippen LogP contribution in [0.15, 0.2) is 0 Å². The number of carbonyl (C=O) groups excluding carboxylic acids is 2. The fourth-order valence-electron chi connectivity index (χ4n) is 2.21. The zero-order chi connectivity index (χ0) is 8.60. The van der Waals surface area contributed by atoms with Gasteiger partial charge in [0.2, 0.25) is 0 Å².